The number of ether oxygens (including phenoxy) is 2. The van der Waals surface area contributed by atoms with Crippen LogP contribution in [0.4, 0.5) is 4.79 Å². The lowest BCUT2D eigenvalue weighted by molar-refractivity contribution is -0.0365. The number of carbonyl (C=O) groups excluding carboxylic acids is 1. The molecule has 1 aromatic rings. The van der Waals surface area contributed by atoms with Gasteiger partial charge in [-0.05, 0) is 61.5 Å². The highest BCUT2D eigenvalue weighted by molar-refractivity contribution is 9.10. The monoisotopic (exact) mass is 375 g/mol. The fourth-order valence-corrected chi connectivity index (χ4v) is 3.58. The van der Waals surface area contributed by atoms with Crippen LogP contribution in [0.3, 0.4) is 0 Å². The summed E-state index contributed by atoms with van der Waals surface area (Å²) in [5.41, 5.74) is -0.765. The van der Waals surface area contributed by atoms with Gasteiger partial charge in [0.2, 0.25) is 0 Å². The average molecular weight is 376 g/mol. The average Bonchev–Trinajstić information content (AvgIpc) is 2.92. The molecule has 1 aliphatic heterocycles. The molecule has 0 aromatic carbocycles. The van der Waals surface area contributed by atoms with Crippen molar-refractivity contribution in [1.82, 2.24) is 4.90 Å². The van der Waals surface area contributed by atoms with E-state index in [1.165, 1.54) is 4.88 Å². The number of carbonyl (C=O) groups is 1. The van der Waals surface area contributed by atoms with Crippen LogP contribution in [0.15, 0.2) is 15.9 Å². The number of halogens is 1. The first kappa shape index (κ1) is 16.8. The van der Waals surface area contributed by atoms with Crippen LogP contribution in [0, 0.1) is 0 Å². The molecule has 1 atom stereocenters. The summed E-state index contributed by atoms with van der Waals surface area (Å²) in [6.07, 6.45) is 0.571. The van der Waals surface area contributed by atoms with Gasteiger partial charge in [-0.3, -0.25) is 0 Å². The lowest BCUT2D eigenvalue weighted by Gasteiger charge is -2.27. The lowest BCUT2D eigenvalue weighted by Crippen LogP contribution is -2.39. The zero-order valence-corrected chi connectivity index (χ0v) is 15.3. The van der Waals surface area contributed by atoms with E-state index in [2.05, 4.69) is 22.9 Å². The van der Waals surface area contributed by atoms with Gasteiger partial charge in [-0.15, -0.1) is 11.3 Å². The van der Waals surface area contributed by atoms with Gasteiger partial charge in [-0.1, -0.05) is 0 Å². The molecule has 2 rings (SSSR count). The maximum Gasteiger partial charge on any atom is 0.410 e. The third-order valence-corrected chi connectivity index (χ3v) is 5.23. The van der Waals surface area contributed by atoms with Crippen molar-refractivity contribution in [2.45, 2.75) is 51.9 Å². The Hall–Kier alpha value is -0.590. The van der Waals surface area contributed by atoms with Crippen LogP contribution in [-0.4, -0.2) is 35.3 Å². The van der Waals surface area contributed by atoms with Crippen LogP contribution >= 0.6 is 27.3 Å². The summed E-state index contributed by atoms with van der Waals surface area (Å²) in [5, 5.41) is 2.03. The highest BCUT2D eigenvalue weighted by Gasteiger charge is 2.38. The van der Waals surface area contributed by atoms with Crippen molar-refractivity contribution in [3.05, 3.63) is 20.8 Å². The van der Waals surface area contributed by atoms with E-state index in [0.717, 1.165) is 10.9 Å². The van der Waals surface area contributed by atoms with Gasteiger partial charge < -0.3 is 14.4 Å². The Morgan fingerprint density at radius 1 is 1.52 bits per heavy atom. The third-order valence-electron chi connectivity index (χ3n) is 3.33. The van der Waals surface area contributed by atoms with Crippen molar-refractivity contribution < 1.29 is 14.3 Å². The molecular formula is C15H22BrNO3S. The quantitative estimate of drug-likeness (QED) is 0.784. The van der Waals surface area contributed by atoms with Crippen molar-refractivity contribution in [3.8, 4) is 0 Å². The van der Waals surface area contributed by atoms with Crippen molar-refractivity contribution in [2.24, 2.45) is 0 Å². The number of likely N-dealkylation sites (tertiary alicyclic amines) is 1. The fourth-order valence-electron chi connectivity index (χ4n) is 2.20. The second-order valence-electron chi connectivity index (χ2n) is 6.58. The smallest absolute Gasteiger partial charge is 0.410 e. The lowest BCUT2D eigenvalue weighted by atomic mass is 10.1. The minimum atomic E-state index is -0.460. The summed E-state index contributed by atoms with van der Waals surface area (Å²) in [6, 6.07) is 2.02. The van der Waals surface area contributed by atoms with Crippen molar-refractivity contribution in [1.29, 1.82) is 0 Å². The number of amides is 1. The Kier molecular flexibility index (Phi) is 5.00. The molecule has 0 saturated carbocycles. The molecule has 21 heavy (non-hydrogen) atoms. The molecule has 118 valence electrons. The van der Waals surface area contributed by atoms with Gasteiger partial charge in [0.15, 0.2) is 0 Å². The summed E-state index contributed by atoms with van der Waals surface area (Å²) in [7, 11) is 0. The van der Waals surface area contributed by atoms with Crippen molar-refractivity contribution in [3.63, 3.8) is 0 Å². The molecule has 4 nitrogen and oxygen atoms in total. The van der Waals surface area contributed by atoms with E-state index in [1.54, 1.807) is 16.2 Å². The Morgan fingerprint density at radius 2 is 2.24 bits per heavy atom. The molecular weight excluding hydrogens is 354 g/mol. The molecule has 0 bridgehead atoms. The number of hydrogen-bond acceptors (Lipinski definition) is 4. The molecule has 0 radical (unpaired) electrons. The summed E-state index contributed by atoms with van der Waals surface area (Å²) < 4.78 is 12.5. The number of nitrogens with zero attached hydrogens (tertiary/aromatic N) is 1. The van der Waals surface area contributed by atoms with E-state index in [1.807, 2.05) is 32.2 Å². The maximum absolute atomic E-state index is 12.1. The highest BCUT2D eigenvalue weighted by Crippen LogP contribution is 2.30. The highest BCUT2D eigenvalue weighted by atomic mass is 79.9. The number of rotatable bonds is 3. The summed E-state index contributed by atoms with van der Waals surface area (Å²) >= 11 is 5.18. The van der Waals surface area contributed by atoms with Gasteiger partial charge in [0.25, 0.3) is 0 Å². The second kappa shape index (κ2) is 6.26. The first-order valence-electron chi connectivity index (χ1n) is 7.02. The predicted molar refractivity (Wildman–Crippen MR) is 87.6 cm³/mol. The number of hydrogen-bond donors (Lipinski definition) is 0. The fraction of sp³-hybridized carbons (Fsp3) is 0.667. The van der Waals surface area contributed by atoms with Gasteiger partial charge in [0, 0.05) is 15.9 Å². The molecule has 0 spiro atoms. The normalized spacial score (nSPS) is 22.6. The van der Waals surface area contributed by atoms with Crippen LogP contribution in [-0.2, 0) is 16.1 Å². The van der Waals surface area contributed by atoms with Crippen molar-refractivity contribution >= 4 is 33.4 Å². The topological polar surface area (TPSA) is 38.8 Å². The van der Waals surface area contributed by atoms with Crippen LogP contribution < -0.4 is 0 Å². The molecule has 1 fully saturated rings. The molecule has 1 unspecified atom stereocenters. The van der Waals surface area contributed by atoms with Gasteiger partial charge in [-0.25, -0.2) is 4.79 Å². The molecule has 0 N–H and O–H groups in total. The minimum absolute atomic E-state index is 0.257. The largest absolute Gasteiger partial charge is 0.444 e. The molecule has 1 aromatic heterocycles. The van der Waals surface area contributed by atoms with Crippen LogP contribution in [0.1, 0.15) is 39.0 Å². The standard InChI is InChI=1S/C15H22BrNO3S/c1-14(2,3)20-13(18)17-7-6-15(4,10-17)19-9-12-11(16)5-8-21-12/h5,8H,6-7,9-10H2,1-4H3. The zero-order chi connectivity index (χ0) is 15.7. The maximum atomic E-state index is 12.1. The van der Waals surface area contributed by atoms with E-state index in [9.17, 15) is 4.79 Å². The van der Waals surface area contributed by atoms with E-state index < -0.39 is 5.60 Å². The predicted octanol–water partition coefficient (Wildman–Crippen LogP) is 4.43. The van der Waals surface area contributed by atoms with Gasteiger partial charge in [-0.2, -0.15) is 0 Å². The molecule has 0 aliphatic carbocycles. The van der Waals surface area contributed by atoms with Gasteiger partial charge in [0.1, 0.15) is 5.60 Å². The Bertz CT molecular complexity index is 511. The zero-order valence-electron chi connectivity index (χ0n) is 12.9. The SMILES string of the molecule is CC(C)(C)OC(=O)N1CCC(C)(OCc2sccc2Br)C1. The molecule has 1 amide bonds. The first-order chi connectivity index (χ1) is 9.69. The summed E-state index contributed by atoms with van der Waals surface area (Å²) in [6.45, 7) is 9.51. The molecule has 6 heteroatoms. The first-order valence-corrected chi connectivity index (χ1v) is 8.70. The summed E-state index contributed by atoms with van der Waals surface area (Å²) in [4.78, 5) is 15.0. The van der Waals surface area contributed by atoms with Crippen LogP contribution in [0.5, 0.6) is 0 Å². The Balaban J connectivity index is 1.88. The third kappa shape index (κ3) is 4.69. The Labute approximate surface area is 138 Å². The summed E-state index contributed by atoms with van der Waals surface area (Å²) in [5.74, 6) is 0. The second-order valence-corrected chi connectivity index (χ2v) is 8.44. The van der Waals surface area contributed by atoms with Gasteiger partial charge >= 0.3 is 6.09 Å². The Morgan fingerprint density at radius 3 is 2.81 bits per heavy atom. The molecule has 2 heterocycles. The van der Waals surface area contributed by atoms with Crippen molar-refractivity contribution in [2.75, 3.05) is 13.1 Å². The minimum Gasteiger partial charge on any atom is -0.444 e. The molecule has 1 aliphatic rings. The number of thiophene rings is 1. The van der Waals surface area contributed by atoms with Gasteiger partial charge in [0.05, 0.1) is 18.8 Å². The van der Waals surface area contributed by atoms with E-state index in [4.69, 9.17) is 9.47 Å². The van der Waals surface area contributed by atoms with E-state index in [-0.39, 0.29) is 11.7 Å². The van der Waals surface area contributed by atoms with E-state index >= 15 is 0 Å². The molecule has 1 saturated heterocycles. The van der Waals surface area contributed by atoms with Crippen LogP contribution in [0.2, 0.25) is 0 Å². The van der Waals surface area contributed by atoms with Crippen LogP contribution in [0.25, 0.3) is 0 Å². The van der Waals surface area contributed by atoms with E-state index in [0.29, 0.717) is 19.7 Å².